The largest absolute Gasteiger partial charge is 0.485 e. The van der Waals surface area contributed by atoms with Gasteiger partial charge in [-0.2, -0.15) is 0 Å². The zero-order valence-corrected chi connectivity index (χ0v) is 14.1. The molecule has 0 aliphatic heterocycles. The number of benzene rings is 1. The van der Waals surface area contributed by atoms with Crippen LogP contribution in [0.2, 0.25) is 0 Å². The molecule has 6 heteroatoms. The number of thiophene rings is 1. The van der Waals surface area contributed by atoms with Crippen molar-refractivity contribution in [2.24, 2.45) is 0 Å². The van der Waals surface area contributed by atoms with E-state index in [1.807, 2.05) is 17.5 Å². The molecule has 0 saturated heterocycles. The zero-order valence-electron chi connectivity index (χ0n) is 11.7. The summed E-state index contributed by atoms with van der Waals surface area (Å²) in [6, 6.07) is 7.00. The molecule has 114 valence electrons. The monoisotopic (exact) mass is 373 g/mol. The number of halogens is 2. The summed E-state index contributed by atoms with van der Waals surface area (Å²) in [5.74, 6) is -0.0585. The van der Waals surface area contributed by atoms with E-state index < -0.39 is 0 Å². The van der Waals surface area contributed by atoms with E-state index in [9.17, 15) is 4.39 Å². The van der Waals surface area contributed by atoms with Crippen LogP contribution in [0.3, 0.4) is 0 Å². The second-order valence-electron chi connectivity index (χ2n) is 4.45. The van der Waals surface area contributed by atoms with Gasteiger partial charge in [-0.25, -0.2) is 4.39 Å². The summed E-state index contributed by atoms with van der Waals surface area (Å²) in [5.41, 5.74) is 0.884. The van der Waals surface area contributed by atoms with Gasteiger partial charge in [0.15, 0.2) is 11.6 Å². The lowest BCUT2D eigenvalue weighted by atomic mass is 10.2. The Morgan fingerprint density at radius 2 is 2.19 bits per heavy atom. The summed E-state index contributed by atoms with van der Waals surface area (Å²) in [5, 5.41) is 5.15. The van der Waals surface area contributed by atoms with E-state index in [-0.39, 0.29) is 11.6 Å². The number of rotatable bonds is 8. The van der Waals surface area contributed by atoms with Crippen molar-refractivity contribution in [2.45, 2.75) is 13.2 Å². The molecular formula is C15H17BrFNO2S. The van der Waals surface area contributed by atoms with Crippen LogP contribution in [0.5, 0.6) is 5.75 Å². The van der Waals surface area contributed by atoms with Crippen molar-refractivity contribution < 1.29 is 13.9 Å². The maximum Gasteiger partial charge on any atom is 0.165 e. The summed E-state index contributed by atoms with van der Waals surface area (Å²) < 4.78 is 25.4. The van der Waals surface area contributed by atoms with E-state index in [2.05, 4.69) is 21.2 Å². The number of ether oxygens (including phenoxy) is 2. The predicted molar refractivity (Wildman–Crippen MR) is 86.3 cm³/mol. The zero-order chi connectivity index (χ0) is 15.1. The van der Waals surface area contributed by atoms with Crippen LogP contribution in [0.1, 0.15) is 10.4 Å². The highest BCUT2D eigenvalue weighted by Crippen LogP contribution is 2.23. The SMILES string of the molecule is COCCNCc1ccc(OCc2cc(Br)cs2)c(F)c1. The van der Waals surface area contributed by atoms with E-state index in [4.69, 9.17) is 9.47 Å². The third kappa shape index (κ3) is 5.39. The maximum atomic E-state index is 14.0. The fourth-order valence-corrected chi connectivity index (χ4v) is 3.12. The third-order valence-corrected chi connectivity index (χ3v) is 4.47. The molecule has 2 aromatic rings. The van der Waals surface area contributed by atoms with Crippen molar-refractivity contribution in [3.8, 4) is 5.75 Å². The topological polar surface area (TPSA) is 30.5 Å². The summed E-state index contributed by atoms with van der Waals surface area (Å²) in [6.07, 6.45) is 0. The Hall–Kier alpha value is -0.950. The van der Waals surface area contributed by atoms with E-state index in [0.29, 0.717) is 19.8 Å². The van der Waals surface area contributed by atoms with E-state index in [0.717, 1.165) is 21.5 Å². The highest BCUT2D eigenvalue weighted by atomic mass is 79.9. The van der Waals surface area contributed by atoms with Gasteiger partial charge < -0.3 is 14.8 Å². The smallest absolute Gasteiger partial charge is 0.165 e. The number of hydrogen-bond acceptors (Lipinski definition) is 4. The van der Waals surface area contributed by atoms with Gasteiger partial charge in [0.25, 0.3) is 0 Å². The molecule has 0 amide bonds. The van der Waals surface area contributed by atoms with Gasteiger partial charge in [0.1, 0.15) is 6.61 Å². The van der Waals surface area contributed by atoms with Crippen LogP contribution in [0, 0.1) is 5.82 Å². The van der Waals surface area contributed by atoms with Gasteiger partial charge in [-0.05, 0) is 39.7 Å². The Labute approximate surface area is 136 Å². The highest BCUT2D eigenvalue weighted by molar-refractivity contribution is 9.10. The molecular weight excluding hydrogens is 357 g/mol. The lowest BCUT2D eigenvalue weighted by Gasteiger charge is -2.08. The first-order chi connectivity index (χ1) is 10.2. The first-order valence-corrected chi connectivity index (χ1v) is 8.20. The van der Waals surface area contributed by atoms with Gasteiger partial charge in [0.05, 0.1) is 6.61 Å². The summed E-state index contributed by atoms with van der Waals surface area (Å²) in [7, 11) is 1.65. The van der Waals surface area contributed by atoms with Crippen LogP contribution in [0.4, 0.5) is 4.39 Å². The molecule has 0 atom stereocenters. The first-order valence-electron chi connectivity index (χ1n) is 6.53. The van der Waals surface area contributed by atoms with Crippen LogP contribution in [-0.2, 0) is 17.9 Å². The Balaban J connectivity index is 1.86. The van der Waals surface area contributed by atoms with Crippen LogP contribution < -0.4 is 10.1 Å². The van der Waals surface area contributed by atoms with Gasteiger partial charge in [-0.15, -0.1) is 11.3 Å². The maximum absolute atomic E-state index is 14.0. The summed E-state index contributed by atoms with van der Waals surface area (Å²) in [6.45, 7) is 2.36. The third-order valence-electron chi connectivity index (χ3n) is 2.80. The molecule has 1 heterocycles. The van der Waals surface area contributed by atoms with Crippen molar-refractivity contribution in [1.82, 2.24) is 5.32 Å². The first kappa shape index (κ1) is 16.4. The normalized spacial score (nSPS) is 10.8. The van der Waals surface area contributed by atoms with Crippen molar-refractivity contribution in [3.63, 3.8) is 0 Å². The van der Waals surface area contributed by atoms with Crippen LogP contribution >= 0.6 is 27.3 Å². The average molecular weight is 374 g/mol. The quantitative estimate of drug-likeness (QED) is 0.710. The molecule has 0 aliphatic rings. The van der Waals surface area contributed by atoms with E-state index in [1.54, 1.807) is 24.5 Å². The molecule has 0 aliphatic carbocycles. The molecule has 1 aromatic carbocycles. The molecule has 0 bridgehead atoms. The molecule has 3 nitrogen and oxygen atoms in total. The Kier molecular flexibility index (Phi) is 6.63. The molecule has 2 rings (SSSR count). The molecule has 0 saturated carbocycles. The van der Waals surface area contributed by atoms with Crippen molar-refractivity contribution in [1.29, 1.82) is 0 Å². The van der Waals surface area contributed by atoms with Crippen LogP contribution in [0.25, 0.3) is 0 Å². The molecule has 1 N–H and O–H groups in total. The molecule has 0 fully saturated rings. The summed E-state index contributed by atoms with van der Waals surface area (Å²) >= 11 is 4.96. The van der Waals surface area contributed by atoms with Gasteiger partial charge in [-0.1, -0.05) is 6.07 Å². The van der Waals surface area contributed by atoms with Crippen LogP contribution in [-0.4, -0.2) is 20.3 Å². The molecule has 21 heavy (non-hydrogen) atoms. The molecule has 1 aromatic heterocycles. The van der Waals surface area contributed by atoms with Crippen molar-refractivity contribution in [3.05, 3.63) is 50.4 Å². The minimum Gasteiger partial charge on any atom is -0.485 e. The standard InChI is InChI=1S/C15H17BrFNO2S/c1-19-5-4-18-8-11-2-3-15(14(17)6-11)20-9-13-7-12(16)10-21-13/h2-3,6-7,10,18H,4-5,8-9H2,1H3. The lowest BCUT2D eigenvalue weighted by Crippen LogP contribution is -2.18. The van der Waals surface area contributed by atoms with Crippen molar-refractivity contribution >= 4 is 27.3 Å². The number of nitrogens with one attached hydrogen (secondary N) is 1. The van der Waals surface area contributed by atoms with Gasteiger partial charge in [-0.3, -0.25) is 0 Å². The van der Waals surface area contributed by atoms with E-state index in [1.165, 1.54) is 6.07 Å². The van der Waals surface area contributed by atoms with Gasteiger partial charge in [0, 0.05) is 34.9 Å². The fraction of sp³-hybridized carbons (Fsp3) is 0.333. The highest BCUT2D eigenvalue weighted by Gasteiger charge is 2.06. The van der Waals surface area contributed by atoms with Crippen LogP contribution in [0.15, 0.2) is 34.1 Å². The minimum atomic E-state index is -0.336. The number of methoxy groups -OCH3 is 1. The molecule has 0 radical (unpaired) electrons. The molecule has 0 unspecified atom stereocenters. The van der Waals surface area contributed by atoms with Gasteiger partial charge in [0.2, 0.25) is 0 Å². The van der Waals surface area contributed by atoms with Gasteiger partial charge >= 0.3 is 0 Å². The second-order valence-corrected chi connectivity index (χ2v) is 6.37. The summed E-state index contributed by atoms with van der Waals surface area (Å²) in [4.78, 5) is 1.05. The Morgan fingerprint density at radius 1 is 1.33 bits per heavy atom. The average Bonchev–Trinajstić information content (AvgIpc) is 2.88. The molecule has 0 spiro atoms. The second kappa shape index (κ2) is 8.48. The minimum absolute atomic E-state index is 0.278. The Bertz CT molecular complexity index is 577. The van der Waals surface area contributed by atoms with E-state index >= 15 is 0 Å². The fourth-order valence-electron chi connectivity index (χ4n) is 1.76. The lowest BCUT2D eigenvalue weighted by molar-refractivity contribution is 0.199. The Morgan fingerprint density at radius 3 is 2.86 bits per heavy atom. The predicted octanol–water partition coefficient (Wildman–Crippen LogP) is 3.96. The van der Waals surface area contributed by atoms with Crippen molar-refractivity contribution in [2.75, 3.05) is 20.3 Å². The number of hydrogen-bond donors (Lipinski definition) is 1.